The van der Waals surface area contributed by atoms with Crippen LogP contribution in [0.15, 0.2) is 60.8 Å². The van der Waals surface area contributed by atoms with Crippen molar-refractivity contribution in [3.8, 4) is 11.9 Å². The van der Waals surface area contributed by atoms with Gasteiger partial charge in [-0.25, -0.2) is 4.98 Å². The van der Waals surface area contributed by atoms with Crippen molar-refractivity contribution in [3.63, 3.8) is 0 Å². The standard InChI is InChI=1S/C21H14N6O3/c1-13-10-19(24-18-5-3-2-4-17(13)18)26-20(15(11-22)12-23-26)25-21(28)14-6-8-16(9-7-14)27(29)30/h2-10,12H,1H3,(H,25,28). The van der Waals surface area contributed by atoms with E-state index in [-0.39, 0.29) is 22.6 Å². The number of nitrogens with one attached hydrogen (secondary N) is 1. The van der Waals surface area contributed by atoms with E-state index in [1.54, 1.807) is 0 Å². The number of hydrogen-bond donors (Lipinski definition) is 1. The van der Waals surface area contributed by atoms with Crippen LogP contribution in [0.2, 0.25) is 0 Å². The highest BCUT2D eigenvalue weighted by atomic mass is 16.6. The van der Waals surface area contributed by atoms with Crippen molar-refractivity contribution >= 4 is 28.3 Å². The third kappa shape index (κ3) is 3.33. The molecule has 0 aliphatic carbocycles. The van der Waals surface area contributed by atoms with Gasteiger partial charge in [0.05, 0.1) is 16.6 Å². The highest BCUT2D eigenvalue weighted by Crippen LogP contribution is 2.24. The fraction of sp³-hybridized carbons (Fsp3) is 0.0476. The number of fused-ring (bicyclic) bond motifs is 1. The Hall–Kier alpha value is -4.58. The van der Waals surface area contributed by atoms with E-state index in [2.05, 4.69) is 15.4 Å². The first-order valence-electron chi connectivity index (χ1n) is 8.88. The Balaban J connectivity index is 1.73. The van der Waals surface area contributed by atoms with Gasteiger partial charge < -0.3 is 5.32 Å². The Morgan fingerprint density at radius 1 is 1.20 bits per heavy atom. The molecule has 0 unspecified atom stereocenters. The van der Waals surface area contributed by atoms with Crippen molar-refractivity contribution in [2.45, 2.75) is 6.92 Å². The van der Waals surface area contributed by atoms with Gasteiger partial charge in [-0.15, -0.1) is 0 Å². The second-order valence-corrected chi connectivity index (χ2v) is 6.50. The smallest absolute Gasteiger partial charge is 0.269 e. The van der Waals surface area contributed by atoms with Crippen LogP contribution in [0.25, 0.3) is 16.7 Å². The number of carbonyl (C=O) groups is 1. The highest BCUT2D eigenvalue weighted by molar-refractivity contribution is 6.04. The van der Waals surface area contributed by atoms with E-state index < -0.39 is 10.8 Å². The fourth-order valence-corrected chi connectivity index (χ4v) is 3.08. The number of carbonyl (C=O) groups excluding carboxylic acids is 1. The topological polar surface area (TPSA) is 127 Å². The molecule has 0 aliphatic rings. The summed E-state index contributed by atoms with van der Waals surface area (Å²) in [6, 6.07) is 16.6. The van der Waals surface area contributed by atoms with E-state index in [0.717, 1.165) is 16.5 Å². The Labute approximate surface area is 170 Å². The third-order valence-corrected chi connectivity index (χ3v) is 4.59. The zero-order chi connectivity index (χ0) is 21.3. The van der Waals surface area contributed by atoms with Gasteiger partial charge in [0.15, 0.2) is 11.6 Å². The van der Waals surface area contributed by atoms with Gasteiger partial charge in [-0.05, 0) is 36.8 Å². The van der Waals surface area contributed by atoms with Crippen LogP contribution in [-0.2, 0) is 0 Å². The fourth-order valence-electron chi connectivity index (χ4n) is 3.08. The van der Waals surface area contributed by atoms with Crippen LogP contribution in [0.5, 0.6) is 0 Å². The van der Waals surface area contributed by atoms with Gasteiger partial charge in [-0.2, -0.15) is 15.0 Å². The van der Waals surface area contributed by atoms with E-state index >= 15 is 0 Å². The van der Waals surface area contributed by atoms with E-state index in [1.165, 1.54) is 35.1 Å². The molecule has 0 atom stereocenters. The van der Waals surface area contributed by atoms with E-state index in [1.807, 2.05) is 43.3 Å². The summed E-state index contributed by atoms with van der Waals surface area (Å²) < 4.78 is 1.39. The quantitative estimate of drug-likeness (QED) is 0.412. The summed E-state index contributed by atoms with van der Waals surface area (Å²) in [7, 11) is 0. The lowest BCUT2D eigenvalue weighted by Crippen LogP contribution is -2.16. The normalized spacial score (nSPS) is 10.5. The van der Waals surface area contributed by atoms with Crippen LogP contribution in [0, 0.1) is 28.4 Å². The zero-order valence-corrected chi connectivity index (χ0v) is 15.7. The van der Waals surface area contributed by atoms with Crippen molar-refractivity contribution in [2.24, 2.45) is 0 Å². The van der Waals surface area contributed by atoms with Gasteiger partial charge in [-0.3, -0.25) is 14.9 Å². The molecule has 2 heterocycles. The molecule has 0 aliphatic heterocycles. The predicted molar refractivity (Wildman–Crippen MR) is 109 cm³/mol. The Bertz CT molecular complexity index is 1340. The highest BCUT2D eigenvalue weighted by Gasteiger charge is 2.18. The summed E-state index contributed by atoms with van der Waals surface area (Å²) in [5.74, 6) is 0.0930. The summed E-state index contributed by atoms with van der Waals surface area (Å²) in [5, 5.41) is 28.1. The molecule has 0 spiro atoms. The third-order valence-electron chi connectivity index (χ3n) is 4.59. The molecule has 0 saturated carbocycles. The molecule has 0 bridgehead atoms. The number of non-ortho nitro benzene ring substituents is 1. The van der Waals surface area contributed by atoms with Crippen molar-refractivity contribution in [1.29, 1.82) is 5.26 Å². The second-order valence-electron chi connectivity index (χ2n) is 6.50. The maximum Gasteiger partial charge on any atom is 0.269 e. The Morgan fingerprint density at radius 2 is 1.93 bits per heavy atom. The lowest BCUT2D eigenvalue weighted by atomic mass is 10.1. The number of nitro groups is 1. The number of amides is 1. The molecular formula is C21H14N6O3. The van der Waals surface area contributed by atoms with Crippen molar-refractivity contribution in [3.05, 3.63) is 87.6 Å². The lowest BCUT2D eigenvalue weighted by molar-refractivity contribution is -0.384. The molecule has 4 rings (SSSR count). The van der Waals surface area contributed by atoms with Gasteiger partial charge in [0.25, 0.3) is 11.6 Å². The van der Waals surface area contributed by atoms with E-state index in [0.29, 0.717) is 5.82 Å². The van der Waals surface area contributed by atoms with Crippen molar-refractivity contribution in [2.75, 3.05) is 5.32 Å². The molecule has 9 nitrogen and oxygen atoms in total. The van der Waals surface area contributed by atoms with E-state index in [9.17, 15) is 20.2 Å². The van der Waals surface area contributed by atoms with E-state index in [4.69, 9.17) is 0 Å². The second kappa shape index (κ2) is 7.44. The molecule has 1 amide bonds. The van der Waals surface area contributed by atoms with Gasteiger partial charge in [0.1, 0.15) is 11.6 Å². The molecule has 146 valence electrons. The molecule has 0 saturated heterocycles. The molecular weight excluding hydrogens is 384 g/mol. The number of benzene rings is 2. The van der Waals surface area contributed by atoms with Crippen LogP contribution in [0.4, 0.5) is 11.5 Å². The number of nitrogens with zero attached hydrogens (tertiary/aromatic N) is 5. The van der Waals surface area contributed by atoms with Gasteiger partial charge in [0.2, 0.25) is 0 Å². The summed E-state index contributed by atoms with van der Waals surface area (Å²) in [6.07, 6.45) is 1.34. The minimum atomic E-state index is -0.543. The first kappa shape index (κ1) is 18.8. The molecule has 0 fully saturated rings. The minimum absolute atomic E-state index is 0.120. The number of nitro benzene ring substituents is 1. The average Bonchev–Trinajstić information content (AvgIpc) is 3.16. The first-order valence-corrected chi connectivity index (χ1v) is 8.88. The lowest BCUT2D eigenvalue weighted by Gasteiger charge is -2.11. The van der Waals surface area contributed by atoms with Crippen molar-refractivity contribution in [1.82, 2.24) is 14.8 Å². The number of anilines is 1. The molecule has 2 aromatic carbocycles. The largest absolute Gasteiger partial charge is 0.305 e. The first-order chi connectivity index (χ1) is 14.5. The van der Waals surface area contributed by atoms with Crippen LogP contribution >= 0.6 is 0 Å². The SMILES string of the molecule is Cc1cc(-n2ncc(C#N)c2NC(=O)c2ccc([N+](=O)[O-])cc2)nc2ccccc12. The molecule has 30 heavy (non-hydrogen) atoms. The van der Waals surface area contributed by atoms with Crippen LogP contribution in [0.1, 0.15) is 21.5 Å². The summed E-state index contributed by atoms with van der Waals surface area (Å²) in [6.45, 7) is 1.94. The summed E-state index contributed by atoms with van der Waals surface area (Å²) in [5.41, 5.74) is 1.98. The van der Waals surface area contributed by atoms with Crippen LogP contribution in [0.3, 0.4) is 0 Å². The number of aromatic nitrogens is 3. The van der Waals surface area contributed by atoms with Crippen LogP contribution in [-0.4, -0.2) is 25.6 Å². The number of hydrogen-bond acceptors (Lipinski definition) is 6. The number of para-hydroxylation sites is 1. The maximum atomic E-state index is 12.7. The van der Waals surface area contributed by atoms with Crippen LogP contribution < -0.4 is 5.32 Å². The summed E-state index contributed by atoms with van der Waals surface area (Å²) in [4.78, 5) is 27.5. The van der Waals surface area contributed by atoms with Crippen molar-refractivity contribution < 1.29 is 9.72 Å². The average molecular weight is 398 g/mol. The number of aryl methyl sites for hydroxylation is 1. The summed E-state index contributed by atoms with van der Waals surface area (Å²) >= 11 is 0. The van der Waals surface area contributed by atoms with Gasteiger partial charge in [0, 0.05) is 23.1 Å². The Morgan fingerprint density at radius 3 is 2.63 bits per heavy atom. The number of rotatable bonds is 4. The molecule has 1 N–H and O–H groups in total. The number of pyridine rings is 1. The number of nitriles is 1. The molecule has 0 radical (unpaired) electrons. The monoisotopic (exact) mass is 398 g/mol. The van der Waals surface area contributed by atoms with Gasteiger partial charge in [-0.1, -0.05) is 18.2 Å². The maximum absolute atomic E-state index is 12.7. The molecule has 4 aromatic rings. The minimum Gasteiger partial charge on any atom is -0.305 e. The van der Waals surface area contributed by atoms with Gasteiger partial charge >= 0.3 is 0 Å². The molecule has 9 heteroatoms. The Kier molecular flexibility index (Phi) is 4.66. The molecule has 2 aromatic heterocycles. The zero-order valence-electron chi connectivity index (χ0n) is 15.7. The predicted octanol–water partition coefficient (Wildman–Crippen LogP) is 3.76.